The maximum absolute atomic E-state index is 13.2. The van der Waals surface area contributed by atoms with E-state index in [-0.39, 0.29) is 25.2 Å². The highest BCUT2D eigenvalue weighted by molar-refractivity contribution is 9.10. The topological polar surface area (TPSA) is 104 Å². The molecule has 3 rings (SSSR count). The normalized spacial score (nSPS) is 14.1. The summed E-state index contributed by atoms with van der Waals surface area (Å²) >= 11 is 3.52. The number of carbonyl (C=O) groups is 3. The molecule has 0 N–H and O–H groups in total. The van der Waals surface area contributed by atoms with Gasteiger partial charge in [0.15, 0.2) is 18.1 Å². The van der Waals surface area contributed by atoms with E-state index < -0.39 is 11.9 Å². The number of amides is 1. The third-order valence-corrected chi connectivity index (χ3v) is 5.75. The van der Waals surface area contributed by atoms with Crippen LogP contribution in [0.1, 0.15) is 50.5 Å². The first-order chi connectivity index (χ1) is 17.6. The van der Waals surface area contributed by atoms with E-state index in [1.807, 2.05) is 6.92 Å². The molecule has 37 heavy (non-hydrogen) atoms. The van der Waals surface area contributed by atoms with E-state index in [1.54, 1.807) is 70.2 Å². The van der Waals surface area contributed by atoms with Crippen LogP contribution in [0.4, 0.5) is 5.69 Å². The molecule has 1 aliphatic rings. The Hall–Kier alpha value is -3.66. The standard InChI is InChI=1S/C27H29BrN2O7/c1-6-34-23-13-19(22(28)14-24(23)36-15-25(31)37-16(3)4)12-21-17(5)29-30(26(21)32)20-10-8-18(9-11-20)27(33)35-7-2/h8-14,16H,6-7,15H2,1-5H3. The molecular formula is C27H29BrN2O7. The summed E-state index contributed by atoms with van der Waals surface area (Å²) in [4.78, 5) is 37.0. The summed E-state index contributed by atoms with van der Waals surface area (Å²) in [5.74, 6) is -0.452. The average molecular weight is 573 g/mol. The number of esters is 2. The monoisotopic (exact) mass is 572 g/mol. The molecule has 0 radical (unpaired) electrons. The number of ether oxygens (including phenoxy) is 4. The highest BCUT2D eigenvalue weighted by Crippen LogP contribution is 2.36. The maximum atomic E-state index is 13.2. The van der Waals surface area contributed by atoms with Gasteiger partial charge in [0.05, 0.1) is 41.9 Å². The van der Waals surface area contributed by atoms with Crippen LogP contribution in [-0.4, -0.2) is 49.5 Å². The molecule has 0 fully saturated rings. The number of hydrogen-bond acceptors (Lipinski definition) is 8. The van der Waals surface area contributed by atoms with Gasteiger partial charge in [-0.25, -0.2) is 9.59 Å². The molecule has 0 unspecified atom stereocenters. The number of halogens is 1. The third-order valence-electron chi connectivity index (χ3n) is 5.06. The Bertz CT molecular complexity index is 1240. The smallest absolute Gasteiger partial charge is 0.344 e. The van der Waals surface area contributed by atoms with E-state index in [9.17, 15) is 14.4 Å². The first-order valence-electron chi connectivity index (χ1n) is 11.8. The van der Waals surface area contributed by atoms with Crippen molar-refractivity contribution >= 4 is 51.3 Å². The van der Waals surface area contributed by atoms with Crippen molar-refractivity contribution in [2.45, 2.75) is 40.7 Å². The van der Waals surface area contributed by atoms with Crippen molar-refractivity contribution in [2.24, 2.45) is 5.10 Å². The number of hydrazone groups is 1. The van der Waals surface area contributed by atoms with Crippen molar-refractivity contribution in [1.82, 2.24) is 0 Å². The zero-order chi connectivity index (χ0) is 27.1. The van der Waals surface area contributed by atoms with Crippen LogP contribution in [0.25, 0.3) is 6.08 Å². The van der Waals surface area contributed by atoms with E-state index in [1.165, 1.54) is 5.01 Å². The largest absolute Gasteiger partial charge is 0.490 e. The van der Waals surface area contributed by atoms with Crippen LogP contribution >= 0.6 is 15.9 Å². The second-order valence-electron chi connectivity index (χ2n) is 8.21. The second-order valence-corrected chi connectivity index (χ2v) is 9.06. The Balaban J connectivity index is 1.84. The van der Waals surface area contributed by atoms with Gasteiger partial charge in [0.2, 0.25) is 0 Å². The summed E-state index contributed by atoms with van der Waals surface area (Å²) in [7, 11) is 0. The van der Waals surface area contributed by atoms with Crippen molar-refractivity contribution in [2.75, 3.05) is 24.8 Å². The molecule has 0 bridgehead atoms. The zero-order valence-corrected chi connectivity index (χ0v) is 23.0. The van der Waals surface area contributed by atoms with Crippen molar-refractivity contribution in [3.05, 3.63) is 57.6 Å². The molecule has 0 atom stereocenters. The fourth-order valence-corrected chi connectivity index (χ4v) is 3.88. The summed E-state index contributed by atoms with van der Waals surface area (Å²) < 4.78 is 22.1. The molecule has 2 aromatic rings. The predicted molar refractivity (Wildman–Crippen MR) is 143 cm³/mol. The fraction of sp³-hybridized carbons (Fsp3) is 0.333. The number of anilines is 1. The van der Waals surface area contributed by atoms with Gasteiger partial charge in [0, 0.05) is 4.47 Å². The Kier molecular flexibility index (Phi) is 9.46. The first-order valence-corrected chi connectivity index (χ1v) is 12.6. The molecule has 2 aromatic carbocycles. The van der Waals surface area contributed by atoms with E-state index in [2.05, 4.69) is 21.0 Å². The lowest BCUT2D eigenvalue weighted by Gasteiger charge is -2.15. The van der Waals surface area contributed by atoms with Crippen LogP contribution in [0.15, 0.2) is 51.5 Å². The second kappa shape index (κ2) is 12.5. The van der Waals surface area contributed by atoms with Crippen LogP contribution < -0.4 is 14.5 Å². The average Bonchev–Trinajstić information content (AvgIpc) is 3.13. The van der Waals surface area contributed by atoms with Gasteiger partial charge >= 0.3 is 11.9 Å². The Morgan fingerprint density at radius 3 is 2.35 bits per heavy atom. The molecule has 0 saturated heterocycles. The lowest BCUT2D eigenvalue weighted by Crippen LogP contribution is -2.21. The highest BCUT2D eigenvalue weighted by atomic mass is 79.9. The van der Waals surface area contributed by atoms with Gasteiger partial charge in [-0.1, -0.05) is 15.9 Å². The molecule has 196 valence electrons. The number of hydrogen-bond donors (Lipinski definition) is 0. The van der Waals surface area contributed by atoms with Crippen molar-refractivity contribution in [3.8, 4) is 11.5 Å². The van der Waals surface area contributed by atoms with Crippen LogP contribution in [0.3, 0.4) is 0 Å². The minimum atomic E-state index is -0.487. The molecule has 0 spiro atoms. The first kappa shape index (κ1) is 27.9. The lowest BCUT2D eigenvalue weighted by atomic mass is 10.1. The Morgan fingerprint density at radius 2 is 1.73 bits per heavy atom. The molecule has 9 nitrogen and oxygen atoms in total. The number of carbonyl (C=O) groups excluding carboxylic acids is 3. The van der Waals surface area contributed by atoms with Crippen molar-refractivity contribution in [1.29, 1.82) is 0 Å². The fourth-order valence-electron chi connectivity index (χ4n) is 3.44. The number of benzene rings is 2. The molecule has 1 aliphatic heterocycles. The van der Waals surface area contributed by atoms with E-state index in [4.69, 9.17) is 18.9 Å². The van der Waals surface area contributed by atoms with E-state index in [0.717, 1.165) is 0 Å². The molecule has 0 aliphatic carbocycles. The molecule has 10 heteroatoms. The molecule has 0 aromatic heterocycles. The Labute approximate surface area is 224 Å². The maximum Gasteiger partial charge on any atom is 0.344 e. The SMILES string of the molecule is CCOC(=O)c1ccc(N2N=C(C)C(=Cc3cc(OCC)c(OCC(=O)OC(C)C)cc3Br)C2=O)cc1. The van der Waals surface area contributed by atoms with Crippen LogP contribution in [-0.2, 0) is 19.1 Å². The summed E-state index contributed by atoms with van der Waals surface area (Å²) in [5.41, 5.74) is 2.50. The summed E-state index contributed by atoms with van der Waals surface area (Å²) in [6.07, 6.45) is 1.46. The third kappa shape index (κ3) is 6.97. The van der Waals surface area contributed by atoms with Crippen molar-refractivity contribution in [3.63, 3.8) is 0 Å². The zero-order valence-electron chi connectivity index (χ0n) is 21.4. The van der Waals surface area contributed by atoms with Gasteiger partial charge in [-0.3, -0.25) is 4.79 Å². The predicted octanol–water partition coefficient (Wildman–Crippen LogP) is 5.16. The number of nitrogens with zero attached hydrogens (tertiary/aromatic N) is 2. The van der Waals surface area contributed by atoms with E-state index >= 15 is 0 Å². The quantitative estimate of drug-likeness (QED) is 0.286. The molecular weight excluding hydrogens is 544 g/mol. The van der Waals surface area contributed by atoms with Gasteiger partial charge in [-0.15, -0.1) is 0 Å². The van der Waals surface area contributed by atoms with Crippen LogP contribution in [0.5, 0.6) is 11.5 Å². The summed E-state index contributed by atoms with van der Waals surface area (Å²) in [5, 5.41) is 5.68. The minimum absolute atomic E-state index is 0.243. The van der Waals surface area contributed by atoms with Gasteiger partial charge in [-0.2, -0.15) is 10.1 Å². The summed E-state index contributed by atoms with van der Waals surface area (Å²) in [6.45, 7) is 9.22. The summed E-state index contributed by atoms with van der Waals surface area (Å²) in [6, 6.07) is 9.87. The molecule has 1 amide bonds. The van der Waals surface area contributed by atoms with Crippen LogP contribution in [0, 0.1) is 0 Å². The highest BCUT2D eigenvalue weighted by Gasteiger charge is 2.29. The number of rotatable bonds is 10. The van der Waals surface area contributed by atoms with Crippen LogP contribution in [0.2, 0.25) is 0 Å². The molecule has 1 heterocycles. The lowest BCUT2D eigenvalue weighted by molar-refractivity contribution is -0.149. The van der Waals surface area contributed by atoms with Gasteiger partial charge in [0.25, 0.3) is 5.91 Å². The molecule has 0 saturated carbocycles. The minimum Gasteiger partial charge on any atom is -0.490 e. The Morgan fingerprint density at radius 1 is 1.05 bits per heavy atom. The van der Waals surface area contributed by atoms with Gasteiger partial charge in [0.1, 0.15) is 0 Å². The van der Waals surface area contributed by atoms with Gasteiger partial charge in [-0.05, 0) is 82.7 Å². The van der Waals surface area contributed by atoms with Crippen molar-refractivity contribution < 1.29 is 33.3 Å². The van der Waals surface area contributed by atoms with Gasteiger partial charge < -0.3 is 18.9 Å². The van der Waals surface area contributed by atoms with E-state index in [0.29, 0.717) is 50.7 Å².